The molecule has 2 aliphatic rings. The van der Waals surface area contributed by atoms with Gasteiger partial charge in [-0.05, 0) is 31.1 Å². The molecule has 70 valence electrons. The lowest BCUT2D eigenvalue weighted by Gasteiger charge is -2.17. The minimum Gasteiger partial charge on any atom is -0.0888 e. The lowest BCUT2D eigenvalue weighted by Crippen LogP contribution is -2.10. The first-order valence-electron chi connectivity index (χ1n) is 5.50. The summed E-state index contributed by atoms with van der Waals surface area (Å²) >= 11 is 3.81. The zero-order valence-corrected chi connectivity index (χ0v) is 9.35. The van der Waals surface area contributed by atoms with Gasteiger partial charge in [-0.2, -0.15) is 0 Å². The van der Waals surface area contributed by atoms with Crippen LogP contribution in [0.3, 0.4) is 0 Å². The molecule has 0 nitrogen and oxygen atoms in total. The molecule has 0 amide bonds. The smallest absolute Gasteiger partial charge is 0.0174 e. The van der Waals surface area contributed by atoms with E-state index < -0.39 is 0 Å². The van der Waals surface area contributed by atoms with E-state index in [2.05, 4.69) is 15.9 Å². The largest absolute Gasteiger partial charge is 0.0888 e. The van der Waals surface area contributed by atoms with Crippen molar-refractivity contribution in [1.29, 1.82) is 0 Å². The highest BCUT2D eigenvalue weighted by Gasteiger charge is 2.28. The summed E-state index contributed by atoms with van der Waals surface area (Å²) in [6, 6.07) is 0. The highest BCUT2D eigenvalue weighted by Crippen LogP contribution is 2.39. The molecule has 0 spiro atoms. The van der Waals surface area contributed by atoms with E-state index in [1.165, 1.54) is 51.4 Å². The Bertz CT molecular complexity index is 138. The molecule has 0 radical (unpaired) electrons. The third-order valence-corrected chi connectivity index (χ3v) is 4.88. The zero-order chi connectivity index (χ0) is 8.39. The molecule has 0 aromatic rings. The van der Waals surface area contributed by atoms with Crippen LogP contribution in [0.25, 0.3) is 0 Å². The van der Waals surface area contributed by atoms with Crippen molar-refractivity contribution >= 4 is 15.9 Å². The molecule has 1 heteroatoms. The highest BCUT2D eigenvalue weighted by molar-refractivity contribution is 9.09. The standard InChI is InChI=1S/C11H19Br/c12-11-7-3-6-10(11)8-9-4-1-2-5-9/h9-11H,1-8H2. The van der Waals surface area contributed by atoms with Gasteiger partial charge in [0.1, 0.15) is 0 Å². The van der Waals surface area contributed by atoms with Gasteiger partial charge in [0.2, 0.25) is 0 Å². The average Bonchev–Trinajstić information content (AvgIpc) is 2.65. The Balaban J connectivity index is 1.77. The van der Waals surface area contributed by atoms with E-state index in [0.717, 1.165) is 16.7 Å². The van der Waals surface area contributed by atoms with Crippen LogP contribution in [0.15, 0.2) is 0 Å². The van der Waals surface area contributed by atoms with E-state index in [9.17, 15) is 0 Å². The molecular weight excluding hydrogens is 212 g/mol. The molecule has 2 rings (SSSR count). The predicted octanol–water partition coefficient (Wildman–Crippen LogP) is 4.13. The van der Waals surface area contributed by atoms with Gasteiger partial charge in [0, 0.05) is 4.83 Å². The highest BCUT2D eigenvalue weighted by atomic mass is 79.9. The number of hydrogen-bond acceptors (Lipinski definition) is 0. The Morgan fingerprint density at radius 1 is 0.917 bits per heavy atom. The first-order chi connectivity index (χ1) is 5.86. The van der Waals surface area contributed by atoms with Crippen LogP contribution in [-0.4, -0.2) is 4.83 Å². The molecule has 0 saturated heterocycles. The van der Waals surface area contributed by atoms with Crippen molar-refractivity contribution in [3.8, 4) is 0 Å². The van der Waals surface area contributed by atoms with Gasteiger partial charge >= 0.3 is 0 Å². The summed E-state index contributed by atoms with van der Waals surface area (Å²) in [5.41, 5.74) is 0. The first kappa shape index (κ1) is 9.05. The van der Waals surface area contributed by atoms with Crippen LogP contribution in [0.4, 0.5) is 0 Å². The molecule has 0 bridgehead atoms. The topological polar surface area (TPSA) is 0 Å². The fourth-order valence-corrected chi connectivity index (χ4v) is 3.74. The van der Waals surface area contributed by atoms with E-state index in [1.54, 1.807) is 0 Å². The molecule has 2 aliphatic carbocycles. The quantitative estimate of drug-likeness (QED) is 0.627. The van der Waals surface area contributed by atoms with E-state index in [4.69, 9.17) is 0 Å². The number of hydrogen-bond donors (Lipinski definition) is 0. The lowest BCUT2D eigenvalue weighted by molar-refractivity contribution is 0.389. The lowest BCUT2D eigenvalue weighted by atomic mass is 9.92. The van der Waals surface area contributed by atoms with Gasteiger partial charge in [0.05, 0.1) is 0 Å². The van der Waals surface area contributed by atoms with Crippen LogP contribution in [0.2, 0.25) is 0 Å². The van der Waals surface area contributed by atoms with Crippen molar-refractivity contribution in [2.45, 2.75) is 56.2 Å². The third kappa shape index (κ3) is 2.04. The molecule has 2 atom stereocenters. The van der Waals surface area contributed by atoms with Crippen LogP contribution in [-0.2, 0) is 0 Å². The second-order valence-electron chi connectivity index (χ2n) is 4.59. The normalized spacial score (nSPS) is 37.8. The third-order valence-electron chi connectivity index (χ3n) is 3.68. The van der Waals surface area contributed by atoms with E-state index in [-0.39, 0.29) is 0 Å². The van der Waals surface area contributed by atoms with Crippen molar-refractivity contribution in [2.75, 3.05) is 0 Å². The first-order valence-corrected chi connectivity index (χ1v) is 6.42. The molecule has 0 aromatic carbocycles. The Morgan fingerprint density at radius 2 is 1.67 bits per heavy atom. The summed E-state index contributed by atoms with van der Waals surface area (Å²) in [5, 5.41) is 0. The molecule has 0 N–H and O–H groups in total. The maximum atomic E-state index is 3.81. The van der Waals surface area contributed by atoms with Gasteiger partial charge < -0.3 is 0 Å². The molecule has 2 fully saturated rings. The maximum Gasteiger partial charge on any atom is 0.0174 e. The SMILES string of the molecule is BrC1CCCC1CC1CCCC1. The second-order valence-corrected chi connectivity index (χ2v) is 5.77. The fraction of sp³-hybridized carbons (Fsp3) is 1.00. The van der Waals surface area contributed by atoms with Crippen LogP contribution in [0.1, 0.15) is 51.4 Å². The Morgan fingerprint density at radius 3 is 2.25 bits per heavy atom. The van der Waals surface area contributed by atoms with Crippen molar-refractivity contribution in [1.82, 2.24) is 0 Å². The minimum atomic E-state index is 0.859. The van der Waals surface area contributed by atoms with Crippen LogP contribution in [0.5, 0.6) is 0 Å². The van der Waals surface area contributed by atoms with Crippen molar-refractivity contribution in [3.63, 3.8) is 0 Å². The number of rotatable bonds is 2. The molecule has 0 aromatic heterocycles. The molecule has 2 saturated carbocycles. The number of halogens is 1. The second kappa shape index (κ2) is 4.13. The van der Waals surface area contributed by atoms with Crippen molar-refractivity contribution in [2.24, 2.45) is 11.8 Å². The van der Waals surface area contributed by atoms with Gasteiger partial charge in [-0.25, -0.2) is 0 Å². The zero-order valence-electron chi connectivity index (χ0n) is 7.77. The molecule has 2 unspecified atom stereocenters. The summed E-state index contributed by atoms with van der Waals surface area (Å²) in [7, 11) is 0. The molecule has 12 heavy (non-hydrogen) atoms. The van der Waals surface area contributed by atoms with Crippen LogP contribution < -0.4 is 0 Å². The Hall–Kier alpha value is 0.480. The molecule has 0 aliphatic heterocycles. The van der Waals surface area contributed by atoms with E-state index in [0.29, 0.717) is 0 Å². The van der Waals surface area contributed by atoms with E-state index >= 15 is 0 Å². The monoisotopic (exact) mass is 230 g/mol. The van der Waals surface area contributed by atoms with E-state index in [1.807, 2.05) is 0 Å². The molecular formula is C11H19Br. The average molecular weight is 231 g/mol. The maximum absolute atomic E-state index is 3.81. The minimum absolute atomic E-state index is 0.859. The Labute approximate surface area is 84.2 Å². The predicted molar refractivity (Wildman–Crippen MR) is 56.6 cm³/mol. The van der Waals surface area contributed by atoms with Crippen molar-refractivity contribution in [3.05, 3.63) is 0 Å². The summed E-state index contributed by atoms with van der Waals surface area (Å²) in [6.45, 7) is 0. The van der Waals surface area contributed by atoms with Gasteiger partial charge in [0.25, 0.3) is 0 Å². The van der Waals surface area contributed by atoms with Gasteiger partial charge in [-0.3, -0.25) is 0 Å². The summed E-state index contributed by atoms with van der Waals surface area (Å²) in [6.07, 6.45) is 12.0. The summed E-state index contributed by atoms with van der Waals surface area (Å²) in [5.74, 6) is 2.11. The fourth-order valence-electron chi connectivity index (χ4n) is 2.93. The van der Waals surface area contributed by atoms with Crippen LogP contribution >= 0.6 is 15.9 Å². The van der Waals surface area contributed by atoms with Crippen molar-refractivity contribution < 1.29 is 0 Å². The Kier molecular flexibility index (Phi) is 3.11. The van der Waals surface area contributed by atoms with Gasteiger partial charge in [-0.15, -0.1) is 0 Å². The van der Waals surface area contributed by atoms with Crippen LogP contribution in [0, 0.1) is 11.8 Å². The summed E-state index contributed by atoms with van der Waals surface area (Å²) < 4.78 is 0. The summed E-state index contributed by atoms with van der Waals surface area (Å²) in [4.78, 5) is 0.859. The number of alkyl halides is 1. The molecule has 0 heterocycles. The van der Waals surface area contributed by atoms with Gasteiger partial charge in [0.15, 0.2) is 0 Å². The van der Waals surface area contributed by atoms with Gasteiger partial charge in [-0.1, -0.05) is 48.0 Å².